The summed E-state index contributed by atoms with van der Waals surface area (Å²) >= 11 is 0. The summed E-state index contributed by atoms with van der Waals surface area (Å²) in [5.41, 5.74) is 0.730. The second-order valence-corrected chi connectivity index (χ2v) is 2.79. The average molecular weight is 187 g/mol. The van der Waals surface area contributed by atoms with E-state index in [0.29, 0.717) is 6.54 Å². The second-order valence-electron chi connectivity index (χ2n) is 2.79. The van der Waals surface area contributed by atoms with Crippen LogP contribution in [-0.2, 0) is 0 Å². The van der Waals surface area contributed by atoms with E-state index < -0.39 is 0 Å². The third-order valence-corrected chi connectivity index (χ3v) is 1.79. The molecule has 0 saturated heterocycles. The van der Waals surface area contributed by atoms with E-state index in [0.717, 1.165) is 17.3 Å². The van der Waals surface area contributed by atoms with Crippen LogP contribution in [0.4, 0.5) is 5.82 Å². The highest BCUT2D eigenvalue weighted by Crippen LogP contribution is 2.05. The van der Waals surface area contributed by atoms with Crippen LogP contribution in [0.5, 0.6) is 0 Å². The van der Waals surface area contributed by atoms with Gasteiger partial charge in [-0.15, -0.1) is 21.7 Å². The molecule has 0 aliphatic heterocycles. The van der Waals surface area contributed by atoms with Gasteiger partial charge in [-0.2, -0.15) is 4.52 Å². The Morgan fingerprint density at radius 2 is 2.36 bits per heavy atom. The molecule has 0 unspecified atom stereocenters. The third kappa shape index (κ3) is 1.38. The molecular weight excluding hydrogens is 178 g/mol. The largest absolute Gasteiger partial charge is 0.358 e. The maximum Gasteiger partial charge on any atom is 0.178 e. The van der Waals surface area contributed by atoms with E-state index in [2.05, 4.69) is 26.5 Å². The van der Waals surface area contributed by atoms with Crippen molar-refractivity contribution in [2.24, 2.45) is 0 Å². The summed E-state index contributed by atoms with van der Waals surface area (Å²) in [6, 6.07) is 3.66. The first-order chi connectivity index (χ1) is 6.81. The van der Waals surface area contributed by atoms with Gasteiger partial charge in [0, 0.05) is 0 Å². The van der Waals surface area contributed by atoms with E-state index in [4.69, 9.17) is 6.42 Å². The number of anilines is 1. The number of rotatable bonds is 2. The summed E-state index contributed by atoms with van der Waals surface area (Å²) in [6.07, 6.45) is 5.13. The third-order valence-electron chi connectivity index (χ3n) is 1.79. The smallest absolute Gasteiger partial charge is 0.178 e. The number of hydrogen-bond donors (Lipinski definition) is 1. The summed E-state index contributed by atoms with van der Waals surface area (Å²) in [4.78, 5) is 0. The van der Waals surface area contributed by atoms with E-state index in [9.17, 15) is 0 Å². The van der Waals surface area contributed by atoms with Crippen LogP contribution in [0.25, 0.3) is 5.65 Å². The van der Waals surface area contributed by atoms with Gasteiger partial charge >= 0.3 is 0 Å². The van der Waals surface area contributed by atoms with Crippen molar-refractivity contribution in [1.82, 2.24) is 19.8 Å². The Bertz CT molecular complexity index is 493. The Kier molecular flexibility index (Phi) is 2.03. The lowest BCUT2D eigenvalue weighted by atomic mass is 10.5. The van der Waals surface area contributed by atoms with Crippen LogP contribution in [0.15, 0.2) is 12.1 Å². The average Bonchev–Trinajstić information content (AvgIpc) is 2.57. The standard InChI is InChI=1S/C9H9N5/c1-3-6-10-8-4-5-9-12-11-7(2)14(9)13-8/h1,4-5H,6H2,2H3,(H,10,13). The molecule has 70 valence electrons. The quantitative estimate of drug-likeness (QED) is 0.695. The molecule has 0 bridgehead atoms. The first-order valence-electron chi connectivity index (χ1n) is 4.17. The monoisotopic (exact) mass is 187 g/mol. The van der Waals surface area contributed by atoms with Crippen molar-refractivity contribution in [3.63, 3.8) is 0 Å². The van der Waals surface area contributed by atoms with E-state index in [1.54, 1.807) is 4.52 Å². The fourth-order valence-electron chi connectivity index (χ4n) is 1.13. The molecule has 14 heavy (non-hydrogen) atoms. The molecule has 5 heteroatoms. The number of aromatic nitrogens is 4. The van der Waals surface area contributed by atoms with Gasteiger partial charge in [0.25, 0.3) is 0 Å². The van der Waals surface area contributed by atoms with E-state index in [-0.39, 0.29) is 0 Å². The van der Waals surface area contributed by atoms with Gasteiger partial charge in [0.05, 0.1) is 6.54 Å². The van der Waals surface area contributed by atoms with Crippen LogP contribution in [0, 0.1) is 19.3 Å². The summed E-state index contributed by atoms with van der Waals surface area (Å²) in [5, 5.41) is 15.1. The lowest BCUT2D eigenvalue weighted by Gasteiger charge is -2.01. The summed E-state index contributed by atoms with van der Waals surface area (Å²) in [7, 11) is 0. The zero-order chi connectivity index (χ0) is 9.97. The van der Waals surface area contributed by atoms with Crippen molar-refractivity contribution in [2.45, 2.75) is 6.92 Å². The predicted octanol–water partition coefficient (Wildman–Crippen LogP) is 0.478. The van der Waals surface area contributed by atoms with Crippen LogP contribution in [0.3, 0.4) is 0 Å². The lowest BCUT2D eigenvalue weighted by Crippen LogP contribution is -2.04. The maximum atomic E-state index is 5.13. The van der Waals surface area contributed by atoms with Crippen LogP contribution in [0.2, 0.25) is 0 Å². The summed E-state index contributed by atoms with van der Waals surface area (Å²) in [5.74, 6) is 3.96. The number of nitrogens with zero attached hydrogens (tertiary/aromatic N) is 4. The van der Waals surface area contributed by atoms with Gasteiger partial charge in [-0.3, -0.25) is 0 Å². The number of nitrogens with one attached hydrogen (secondary N) is 1. The molecule has 0 aliphatic carbocycles. The van der Waals surface area contributed by atoms with Crippen molar-refractivity contribution in [3.05, 3.63) is 18.0 Å². The Hall–Kier alpha value is -2.09. The topological polar surface area (TPSA) is 55.1 Å². The molecule has 5 nitrogen and oxygen atoms in total. The van der Waals surface area contributed by atoms with E-state index in [1.165, 1.54) is 0 Å². The highest BCUT2D eigenvalue weighted by molar-refractivity contribution is 5.44. The van der Waals surface area contributed by atoms with Gasteiger partial charge in [0.1, 0.15) is 5.82 Å². The SMILES string of the molecule is C#CCNc1ccc2nnc(C)n2n1. The highest BCUT2D eigenvalue weighted by Gasteiger charge is 2.01. The highest BCUT2D eigenvalue weighted by atomic mass is 15.4. The molecule has 2 aromatic rings. The van der Waals surface area contributed by atoms with Gasteiger partial charge in [-0.25, -0.2) is 0 Å². The number of fused-ring (bicyclic) bond motifs is 1. The maximum absolute atomic E-state index is 5.13. The molecule has 0 amide bonds. The first-order valence-corrected chi connectivity index (χ1v) is 4.17. The number of terminal acetylenes is 1. The summed E-state index contributed by atoms with van der Waals surface area (Å²) < 4.78 is 1.67. The zero-order valence-electron chi connectivity index (χ0n) is 7.73. The van der Waals surface area contributed by atoms with Gasteiger partial charge in [0.2, 0.25) is 0 Å². The van der Waals surface area contributed by atoms with Crippen molar-refractivity contribution in [3.8, 4) is 12.3 Å². The molecule has 0 radical (unpaired) electrons. The van der Waals surface area contributed by atoms with Gasteiger partial charge in [0.15, 0.2) is 11.5 Å². The number of hydrogen-bond acceptors (Lipinski definition) is 4. The minimum atomic E-state index is 0.458. The molecule has 1 N–H and O–H groups in total. The van der Waals surface area contributed by atoms with Crippen molar-refractivity contribution >= 4 is 11.5 Å². The minimum absolute atomic E-state index is 0.458. The van der Waals surface area contributed by atoms with Gasteiger partial charge < -0.3 is 5.32 Å². The van der Waals surface area contributed by atoms with Crippen LogP contribution in [0.1, 0.15) is 5.82 Å². The normalized spacial score (nSPS) is 10.0. The van der Waals surface area contributed by atoms with E-state index in [1.807, 2.05) is 19.1 Å². The Morgan fingerprint density at radius 1 is 1.50 bits per heavy atom. The molecule has 0 aromatic carbocycles. The predicted molar refractivity (Wildman–Crippen MR) is 52.8 cm³/mol. The fraction of sp³-hybridized carbons (Fsp3) is 0.222. The zero-order valence-corrected chi connectivity index (χ0v) is 7.73. The first kappa shape index (κ1) is 8.51. The molecule has 2 aromatic heterocycles. The molecule has 0 spiro atoms. The second kappa shape index (κ2) is 3.34. The van der Waals surface area contributed by atoms with Crippen molar-refractivity contribution in [1.29, 1.82) is 0 Å². The molecule has 0 saturated carbocycles. The molecule has 0 fully saturated rings. The molecule has 2 rings (SSSR count). The number of aryl methyl sites for hydroxylation is 1. The molecule has 0 atom stereocenters. The van der Waals surface area contributed by atoms with Crippen molar-refractivity contribution < 1.29 is 0 Å². The fourth-order valence-corrected chi connectivity index (χ4v) is 1.13. The minimum Gasteiger partial charge on any atom is -0.358 e. The van der Waals surface area contributed by atoms with Gasteiger partial charge in [-0.1, -0.05) is 5.92 Å². The van der Waals surface area contributed by atoms with Crippen LogP contribution < -0.4 is 5.32 Å². The van der Waals surface area contributed by atoms with E-state index >= 15 is 0 Å². The Labute approximate surface area is 81.2 Å². The molecule has 0 aliphatic rings. The molecule has 2 heterocycles. The van der Waals surface area contributed by atoms with Crippen LogP contribution in [-0.4, -0.2) is 26.4 Å². The Morgan fingerprint density at radius 3 is 3.14 bits per heavy atom. The van der Waals surface area contributed by atoms with Gasteiger partial charge in [-0.05, 0) is 19.1 Å². The Balaban J connectivity index is 2.40. The summed E-state index contributed by atoms with van der Waals surface area (Å²) in [6.45, 7) is 2.30. The van der Waals surface area contributed by atoms with Crippen molar-refractivity contribution in [2.75, 3.05) is 11.9 Å². The van der Waals surface area contributed by atoms with Crippen LogP contribution >= 0.6 is 0 Å². The lowest BCUT2D eigenvalue weighted by molar-refractivity contribution is 0.876. The molecular formula is C9H9N5.